The standard InChI is InChI=1S/C28H28Cl2N2O5/c29-20-2-1-3-21(30)23(20)24-19(25(37-32-24)17-4-5-17)15-36-28-10-7-27(8-11-28,9-12-28)16-35-22-14-18(26(33)34)6-13-31-22/h1-3,6,13-14,17H,4-5,7-12,15-16H2,(H,33,34). The third kappa shape index (κ3) is 4.85. The molecule has 37 heavy (non-hydrogen) atoms. The van der Waals surface area contributed by atoms with Gasteiger partial charge in [0.15, 0.2) is 0 Å². The molecule has 4 saturated carbocycles. The molecule has 3 aromatic rings. The Morgan fingerprint density at radius 2 is 1.78 bits per heavy atom. The van der Waals surface area contributed by atoms with E-state index in [4.69, 9.17) is 37.2 Å². The minimum absolute atomic E-state index is 0.0681. The van der Waals surface area contributed by atoms with E-state index in [1.54, 1.807) is 0 Å². The number of carbonyl (C=O) groups is 1. The van der Waals surface area contributed by atoms with E-state index in [1.165, 1.54) is 18.3 Å². The second-order valence-electron chi connectivity index (χ2n) is 10.7. The maximum Gasteiger partial charge on any atom is 0.335 e. The summed E-state index contributed by atoms with van der Waals surface area (Å²) in [6.45, 7) is 0.952. The number of carboxylic acid groups (broad SMARTS) is 1. The highest BCUT2D eigenvalue weighted by molar-refractivity contribution is 6.39. The minimum Gasteiger partial charge on any atom is -0.478 e. The van der Waals surface area contributed by atoms with Crippen LogP contribution in [0.2, 0.25) is 10.0 Å². The van der Waals surface area contributed by atoms with Crippen LogP contribution in [0.15, 0.2) is 41.1 Å². The monoisotopic (exact) mass is 542 g/mol. The van der Waals surface area contributed by atoms with Gasteiger partial charge in [-0.1, -0.05) is 34.4 Å². The number of hydrogen-bond donors (Lipinski definition) is 1. The van der Waals surface area contributed by atoms with Crippen molar-refractivity contribution in [2.24, 2.45) is 5.41 Å². The number of halogens is 2. The first kappa shape index (κ1) is 24.7. The summed E-state index contributed by atoms with van der Waals surface area (Å²) < 4.78 is 18.5. The molecule has 7 rings (SSSR count). The number of carboxylic acids is 1. The van der Waals surface area contributed by atoms with Crippen LogP contribution in [0.3, 0.4) is 0 Å². The predicted molar refractivity (Wildman–Crippen MR) is 138 cm³/mol. The van der Waals surface area contributed by atoms with Gasteiger partial charge in [-0.05, 0) is 69.6 Å². The zero-order valence-electron chi connectivity index (χ0n) is 20.3. The molecule has 4 fully saturated rings. The lowest BCUT2D eigenvalue weighted by Gasteiger charge is -2.52. The summed E-state index contributed by atoms with van der Waals surface area (Å²) in [5, 5.41) is 14.7. The van der Waals surface area contributed by atoms with Crippen LogP contribution in [-0.4, -0.2) is 33.4 Å². The van der Waals surface area contributed by atoms with Crippen molar-refractivity contribution < 1.29 is 23.9 Å². The summed E-state index contributed by atoms with van der Waals surface area (Å²) in [4.78, 5) is 15.4. The number of ether oxygens (including phenoxy) is 2. The Labute approximate surface area is 225 Å². The molecule has 4 aliphatic carbocycles. The van der Waals surface area contributed by atoms with Crippen molar-refractivity contribution in [3.63, 3.8) is 0 Å². The number of nitrogens with zero attached hydrogens (tertiary/aromatic N) is 2. The van der Waals surface area contributed by atoms with Gasteiger partial charge in [0.05, 0.1) is 34.4 Å². The van der Waals surface area contributed by atoms with Crippen LogP contribution < -0.4 is 4.74 Å². The number of pyridine rings is 1. The Balaban J connectivity index is 1.14. The van der Waals surface area contributed by atoms with E-state index in [0.29, 0.717) is 46.3 Å². The normalized spacial score (nSPS) is 24.8. The fourth-order valence-electron chi connectivity index (χ4n) is 5.78. The first-order chi connectivity index (χ1) is 17.9. The molecule has 0 spiro atoms. The fraction of sp³-hybridized carbons (Fsp3) is 0.464. The number of hydrogen-bond acceptors (Lipinski definition) is 6. The molecule has 0 radical (unpaired) electrons. The van der Waals surface area contributed by atoms with Crippen molar-refractivity contribution in [3.05, 3.63) is 63.5 Å². The van der Waals surface area contributed by atoms with Crippen molar-refractivity contribution in [2.75, 3.05) is 6.61 Å². The molecule has 7 nitrogen and oxygen atoms in total. The Morgan fingerprint density at radius 1 is 1.08 bits per heavy atom. The highest BCUT2D eigenvalue weighted by Gasteiger charge is 2.50. The number of rotatable bonds is 9. The molecular formula is C28H28Cl2N2O5. The van der Waals surface area contributed by atoms with E-state index in [-0.39, 0.29) is 16.6 Å². The predicted octanol–water partition coefficient (Wildman–Crippen LogP) is 7.31. The number of fused-ring (bicyclic) bond motifs is 3. The molecule has 0 aliphatic heterocycles. The molecule has 1 aromatic carbocycles. The molecule has 2 bridgehead atoms. The van der Waals surface area contributed by atoms with Crippen LogP contribution in [0.1, 0.15) is 79.0 Å². The average molecular weight is 543 g/mol. The van der Waals surface area contributed by atoms with E-state index < -0.39 is 5.97 Å². The lowest BCUT2D eigenvalue weighted by molar-refractivity contribution is -0.150. The van der Waals surface area contributed by atoms with Gasteiger partial charge in [0, 0.05) is 34.7 Å². The molecule has 2 heterocycles. The van der Waals surface area contributed by atoms with Gasteiger partial charge in [-0.3, -0.25) is 0 Å². The SMILES string of the molecule is O=C(O)c1ccnc(OCC23CCC(OCc4c(-c5c(Cl)cccc5Cl)noc4C4CC4)(CC2)CC3)c1. The Kier molecular flexibility index (Phi) is 6.42. The molecule has 2 aromatic heterocycles. The molecule has 4 aliphatic rings. The molecule has 1 N–H and O–H groups in total. The van der Waals surface area contributed by atoms with Crippen molar-refractivity contribution in [1.29, 1.82) is 0 Å². The Bertz CT molecular complexity index is 1290. The van der Waals surface area contributed by atoms with Crippen molar-refractivity contribution in [3.8, 4) is 17.1 Å². The number of aromatic nitrogens is 2. The summed E-state index contributed by atoms with van der Waals surface area (Å²) in [6.07, 6.45) is 9.49. The molecule has 9 heteroatoms. The maximum absolute atomic E-state index is 11.2. The fourth-order valence-corrected chi connectivity index (χ4v) is 6.36. The van der Waals surface area contributed by atoms with Gasteiger partial charge in [0.25, 0.3) is 0 Å². The molecule has 0 amide bonds. The second kappa shape index (κ2) is 9.61. The molecule has 0 atom stereocenters. The summed E-state index contributed by atoms with van der Waals surface area (Å²) >= 11 is 13.0. The number of benzene rings is 1. The summed E-state index contributed by atoms with van der Waals surface area (Å²) in [7, 11) is 0. The van der Waals surface area contributed by atoms with Crippen LogP contribution in [0.4, 0.5) is 0 Å². The number of aromatic carboxylic acids is 1. The topological polar surface area (TPSA) is 94.7 Å². The van der Waals surface area contributed by atoms with Crippen LogP contribution in [-0.2, 0) is 11.3 Å². The summed E-state index contributed by atoms with van der Waals surface area (Å²) in [5.41, 5.74) is 2.41. The van der Waals surface area contributed by atoms with Gasteiger partial charge >= 0.3 is 5.97 Å². The van der Waals surface area contributed by atoms with Crippen LogP contribution >= 0.6 is 23.2 Å². The lowest BCUT2D eigenvalue weighted by atomic mass is 9.59. The molecule has 194 valence electrons. The Morgan fingerprint density at radius 3 is 2.43 bits per heavy atom. The van der Waals surface area contributed by atoms with Gasteiger partial charge in [-0.2, -0.15) is 0 Å². The van der Waals surface area contributed by atoms with E-state index in [9.17, 15) is 9.90 Å². The van der Waals surface area contributed by atoms with Gasteiger partial charge < -0.3 is 19.1 Å². The zero-order valence-corrected chi connectivity index (χ0v) is 21.9. The van der Waals surface area contributed by atoms with Gasteiger partial charge in [0.1, 0.15) is 11.5 Å². The maximum atomic E-state index is 11.2. The van der Waals surface area contributed by atoms with E-state index >= 15 is 0 Å². The van der Waals surface area contributed by atoms with Crippen molar-refractivity contribution >= 4 is 29.2 Å². The summed E-state index contributed by atoms with van der Waals surface area (Å²) in [6, 6.07) is 8.40. The third-order valence-corrected chi connectivity index (χ3v) is 8.96. The van der Waals surface area contributed by atoms with Crippen molar-refractivity contribution in [2.45, 2.75) is 69.5 Å². The van der Waals surface area contributed by atoms with E-state index in [2.05, 4.69) is 10.1 Å². The zero-order chi connectivity index (χ0) is 25.6. The minimum atomic E-state index is -0.986. The molecular weight excluding hydrogens is 515 g/mol. The average Bonchev–Trinajstić information content (AvgIpc) is 3.68. The second-order valence-corrected chi connectivity index (χ2v) is 11.5. The third-order valence-electron chi connectivity index (χ3n) is 8.33. The van der Waals surface area contributed by atoms with Crippen LogP contribution in [0, 0.1) is 5.41 Å². The molecule has 0 saturated heterocycles. The van der Waals surface area contributed by atoms with Crippen LogP contribution in [0.25, 0.3) is 11.3 Å². The van der Waals surface area contributed by atoms with E-state index in [0.717, 1.165) is 62.7 Å². The van der Waals surface area contributed by atoms with Gasteiger partial charge in [0.2, 0.25) is 5.88 Å². The highest BCUT2D eigenvalue weighted by Crippen LogP contribution is 2.55. The summed E-state index contributed by atoms with van der Waals surface area (Å²) in [5.74, 6) is 0.654. The smallest absolute Gasteiger partial charge is 0.335 e. The Hall–Kier alpha value is -2.61. The first-order valence-electron chi connectivity index (χ1n) is 12.8. The van der Waals surface area contributed by atoms with Crippen molar-refractivity contribution in [1.82, 2.24) is 10.1 Å². The quantitative estimate of drug-likeness (QED) is 0.302. The highest BCUT2D eigenvalue weighted by atomic mass is 35.5. The van der Waals surface area contributed by atoms with Gasteiger partial charge in [-0.15, -0.1) is 0 Å². The molecule has 0 unspecified atom stereocenters. The first-order valence-corrected chi connectivity index (χ1v) is 13.5. The van der Waals surface area contributed by atoms with E-state index in [1.807, 2.05) is 18.2 Å². The largest absolute Gasteiger partial charge is 0.478 e. The van der Waals surface area contributed by atoms with Crippen LogP contribution in [0.5, 0.6) is 5.88 Å². The van der Waals surface area contributed by atoms with Gasteiger partial charge in [-0.25, -0.2) is 9.78 Å². The lowest BCUT2D eigenvalue weighted by Crippen LogP contribution is -2.49.